The summed E-state index contributed by atoms with van der Waals surface area (Å²) >= 11 is 0. The highest BCUT2D eigenvalue weighted by Gasteiger charge is 2.14. The van der Waals surface area contributed by atoms with Crippen molar-refractivity contribution in [2.45, 2.75) is 13.1 Å². The van der Waals surface area contributed by atoms with Gasteiger partial charge in [-0.25, -0.2) is 4.68 Å². The molecule has 8 heteroatoms. The van der Waals surface area contributed by atoms with Gasteiger partial charge in [0.15, 0.2) is 0 Å². The quantitative estimate of drug-likeness (QED) is 0.473. The van der Waals surface area contributed by atoms with E-state index in [1.165, 1.54) is 4.68 Å². The average molecular weight is 413 g/mol. The molecule has 0 atom stereocenters. The molecule has 2 aromatic carbocycles. The highest BCUT2D eigenvalue weighted by atomic mass is 16.5. The summed E-state index contributed by atoms with van der Waals surface area (Å²) in [6.45, 7) is 0.173. The van der Waals surface area contributed by atoms with Crippen LogP contribution in [0.15, 0.2) is 59.4 Å². The van der Waals surface area contributed by atoms with Gasteiger partial charge in [-0.2, -0.15) is 10.2 Å². The zero-order chi connectivity index (χ0) is 21.8. The van der Waals surface area contributed by atoms with Crippen molar-refractivity contribution < 1.29 is 9.53 Å². The number of H-pyrrole nitrogens is 1. The van der Waals surface area contributed by atoms with Crippen LogP contribution < -0.4 is 15.6 Å². The predicted molar refractivity (Wildman–Crippen MR) is 117 cm³/mol. The van der Waals surface area contributed by atoms with E-state index in [2.05, 4.69) is 26.5 Å². The molecule has 0 fully saturated rings. The summed E-state index contributed by atoms with van der Waals surface area (Å²) in [4.78, 5) is 25.2. The van der Waals surface area contributed by atoms with Gasteiger partial charge in [0, 0.05) is 10.9 Å². The van der Waals surface area contributed by atoms with Gasteiger partial charge in [0.1, 0.15) is 18.0 Å². The fourth-order valence-electron chi connectivity index (χ4n) is 3.26. The highest BCUT2D eigenvalue weighted by Crippen LogP contribution is 2.22. The Morgan fingerprint density at radius 3 is 2.77 bits per heavy atom. The van der Waals surface area contributed by atoms with Crippen LogP contribution >= 0.6 is 0 Å². The van der Waals surface area contributed by atoms with Gasteiger partial charge in [-0.15, -0.1) is 6.42 Å². The molecule has 4 aromatic rings. The molecule has 154 valence electrons. The van der Waals surface area contributed by atoms with Crippen molar-refractivity contribution >= 4 is 16.7 Å². The minimum atomic E-state index is -0.345. The number of carbonyl (C=O) groups is 1. The second-order valence-electron chi connectivity index (χ2n) is 6.74. The fourth-order valence-corrected chi connectivity index (χ4v) is 3.26. The normalized spacial score (nSPS) is 10.6. The molecule has 0 bridgehead atoms. The minimum absolute atomic E-state index is 0.0507. The third-order valence-electron chi connectivity index (χ3n) is 4.79. The molecule has 0 aliphatic heterocycles. The summed E-state index contributed by atoms with van der Waals surface area (Å²) in [6, 6.07) is 16.2. The van der Waals surface area contributed by atoms with Crippen LogP contribution in [0.1, 0.15) is 16.2 Å². The number of hydrogen-bond acceptors (Lipinski definition) is 5. The van der Waals surface area contributed by atoms with E-state index in [0.717, 1.165) is 5.56 Å². The Morgan fingerprint density at radius 1 is 1.19 bits per heavy atom. The number of ether oxygens (including phenoxy) is 1. The second-order valence-corrected chi connectivity index (χ2v) is 6.74. The Balaban J connectivity index is 1.56. The zero-order valence-corrected chi connectivity index (χ0v) is 16.8. The van der Waals surface area contributed by atoms with E-state index in [9.17, 15) is 9.59 Å². The smallest absolute Gasteiger partial charge is 0.275 e. The van der Waals surface area contributed by atoms with Crippen LogP contribution in [0, 0.1) is 12.3 Å². The molecule has 2 aromatic heterocycles. The van der Waals surface area contributed by atoms with Gasteiger partial charge in [0.05, 0.1) is 30.4 Å². The van der Waals surface area contributed by atoms with Crippen LogP contribution in [0.25, 0.3) is 22.0 Å². The number of hydrogen-bond donors (Lipinski definition) is 2. The maximum Gasteiger partial charge on any atom is 0.275 e. The Kier molecular flexibility index (Phi) is 5.49. The molecule has 0 unspecified atom stereocenters. The molecular formula is C23H19N5O3. The van der Waals surface area contributed by atoms with Crippen molar-refractivity contribution in [3.05, 3.63) is 76.3 Å². The summed E-state index contributed by atoms with van der Waals surface area (Å²) in [5.41, 5.74) is 2.03. The van der Waals surface area contributed by atoms with Crippen LogP contribution in [0.3, 0.4) is 0 Å². The summed E-state index contributed by atoms with van der Waals surface area (Å²) in [5.74, 6) is 2.78. The van der Waals surface area contributed by atoms with E-state index in [-0.39, 0.29) is 24.6 Å². The number of amides is 1. The van der Waals surface area contributed by atoms with Crippen molar-refractivity contribution in [2.24, 2.45) is 0 Å². The predicted octanol–water partition coefficient (Wildman–Crippen LogP) is 2.36. The zero-order valence-electron chi connectivity index (χ0n) is 16.8. The van der Waals surface area contributed by atoms with Crippen molar-refractivity contribution in [1.82, 2.24) is 25.3 Å². The van der Waals surface area contributed by atoms with Gasteiger partial charge >= 0.3 is 0 Å². The van der Waals surface area contributed by atoms with Gasteiger partial charge in [-0.3, -0.25) is 14.7 Å². The summed E-state index contributed by atoms with van der Waals surface area (Å²) < 4.78 is 6.45. The minimum Gasteiger partial charge on any atom is -0.497 e. The van der Waals surface area contributed by atoms with Crippen molar-refractivity contribution in [1.29, 1.82) is 0 Å². The summed E-state index contributed by atoms with van der Waals surface area (Å²) in [7, 11) is 1.59. The first kappa shape index (κ1) is 19.9. The fraction of sp³-hybridized carbons (Fsp3) is 0.130. The Labute approximate surface area is 177 Å². The lowest BCUT2D eigenvalue weighted by atomic mass is 10.1. The molecule has 0 saturated carbocycles. The number of methoxy groups -OCH3 is 1. The van der Waals surface area contributed by atoms with Crippen LogP contribution in [0.2, 0.25) is 0 Å². The van der Waals surface area contributed by atoms with Gasteiger partial charge in [0.25, 0.3) is 11.5 Å². The van der Waals surface area contributed by atoms with E-state index < -0.39 is 0 Å². The third kappa shape index (κ3) is 4.02. The number of benzene rings is 2. The maximum atomic E-state index is 12.7. The first-order chi connectivity index (χ1) is 15.1. The average Bonchev–Trinajstić information content (AvgIpc) is 3.31. The van der Waals surface area contributed by atoms with Crippen molar-refractivity contribution in [2.75, 3.05) is 7.11 Å². The van der Waals surface area contributed by atoms with Crippen LogP contribution in [0.4, 0.5) is 0 Å². The van der Waals surface area contributed by atoms with E-state index in [0.29, 0.717) is 33.6 Å². The molecule has 2 heterocycles. The summed E-state index contributed by atoms with van der Waals surface area (Å²) in [6.07, 6.45) is 5.35. The molecule has 31 heavy (non-hydrogen) atoms. The lowest BCUT2D eigenvalue weighted by molar-refractivity contribution is 0.0945. The van der Waals surface area contributed by atoms with Gasteiger partial charge in [-0.05, 0) is 24.3 Å². The molecule has 8 nitrogen and oxygen atoms in total. The Bertz CT molecular complexity index is 1360. The topological polar surface area (TPSA) is 102 Å². The number of terminal acetylenes is 1. The van der Waals surface area contributed by atoms with E-state index >= 15 is 0 Å². The molecule has 2 N–H and O–H groups in total. The Morgan fingerprint density at radius 2 is 2.00 bits per heavy atom. The third-order valence-corrected chi connectivity index (χ3v) is 4.79. The molecule has 1 amide bonds. The number of fused-ring (bicyclic) bond motifs is 1. The Hall–Kier alpha value is -4.38. The highest BCUT2D eigenvalue weighted by molar-refractivity contribution is 5.93. The molecule has 0 spiro atoms. The molecule has 0 aliphatic carbocycles. The maximum absolute atomic E-state index is 12.7. The number of rotatable bonds is 6. The van der Waals surface area contributed by atoms with Crippen molar-refractivity contribution in [3.63, 3.8) is 0 Å². The van der Waals surface area contributed by atoms with Crippen LogP contribution in [-0.2, 0) is 13.1 Å². The summed E-state index contributed by atoms with van der Waals surface area (Å²) in [5, 5.41) is 15.3. The first-order valence-electron chi connectivity index (χ1n) is 9.51. The SMILES string of the molecule is C#CCn1nc(CNC(=O)c2cc(-c3cccc(OC)c3)n[nH]2)c2ccccc2c1=O. The molecule has 0 saturated heterocycles. The molecule has 4 rings (SSSR count). The largest absolute Gasteiger partial charge is 0.497 e. The standard InChI is InChI=1S/C23H19N5O3/c1-3-11-28-23(30)18-10-5-4-9-17(18)21(27-28)14-24-22(29)20-13-19(25-26-20)15-7-6-8-16(12-15)31-2/h1,4-10,12-13H,11,14H2,2H3,(H,24,29)(H,25,26). The first-order valence-corrected chi connectivity index (χ1v) is 9.51. The number of aromatic amines is 1. The number of carbonyl (C=O) groups excluding carboxylic acids is 1. The molecular weight excluding hydrogens is 394 g/mol. The van der Waals surface area contributed by atoms with E-state index in [4.69, 9.17) is 11.2 Å². The van der Waals surface area contributed by atoms with Gasteiger partial charge in [0.2, 0.25) is 0 Å². The van der Waals surface area contributed by atoms with E-state index in [1.54, 1.807) is 31.4 Å². The lowest BCUT2D eigenvalue weighted by Gasteiger charge is -2.10. The molecule has 0 radical (unpaired) electrons. The number of aromatic nitrogens is 4. The lowest BCUT2D eigenvalue weighted by Crippen LogP contribution is -2.28. The second kappa shape index (κ2) is 8.55. The van der Waals surface area contributed by atoms with Gasteiger partial charge in [-0.1, -0.05) is 36.3 Å². The van der Waals surface area contributed by atoms with Crippen LogP contribution in [-0.4, -0.2) is 33.0 Å². The van der Waals surface area contributed by atoms with Crippen molar-refractivity contribution in [3.8, 4) is 29.4 Å². The molecule has 0 aliphatic rings. The number of nitrogens with one attached hydrogen (secondary N) is 2. The number of nitrogens with zero attached hydrogens (tertiary/aromatic N) is 3. The van der Waals surface area contributed by atoms with Gasteiger partial charge < -0.3 is 10.1 Å². The monoisotopic (exact) mass is 413 g/mol. The van der Waals surface area contributed by atoms with Crippen LogP contribution in [0.5, 0.6) is 5.75 Å². The van der Waals surface area contributed by atoms with E-state index in [1.807, 2.05) is 30.3 Å².